The minimum atomic E-state index is -0.694. The van der Waals surface area contributed by atoms with Crippen LogP contribution in [0.5, 0.6) is 0 Å². The van der Waals surface area contributed by atoms with Gasteiger partial charge in [-0.2, -0.15) is 0 Å². The van der Waals surface area contributed by atoms with Gasteiger partial charge in [0.05, 0.1) is 24.1 Å². The molecule has 0 fully saturated rings. The second-order valence-electron chi connectivity index (χ2n) is 4.30. The first-order chi connectivity index (χ1) is 10.1. The molecule has 1 aromatic carbocycles. The number of hydrogen-bond acceptors (Lipinski definition) is 3. The van der Waals surface area contributed by atoms with Crippen molar-refractivity contribution >= 4 is 35.2 Å². The van der Waals surface area contributed by atoms with Gasteiger partial charge in [-0.15, -0.1) is 11.6 Å². The predicted octanol–water partition coefficient (Wildman–Crippen LogP) is 2.75. The number of alkyl halides is 1. The predicted molar refractivity (Wildman–Crippen MR) is 80.2 cm³/mol. The van der Waals surface area contributed by atoms with E-state index in [1.165, 1.54) is 0 Å². The number of amides is 2. The topological polar surface area (TPSA) is 67.4 Å². The van der Waals surface area contributed by atoms with Crippen LogP contribution in [0.2, 0.25) is 5.02 Å². The van der Waals surface area contributed by atoms with E-state index in [2.05, 4.69) is 10.6 Å². The van der Waals surface area contributed by atoms with Gasteiger partial charge in [0.25, 0.3) is 0 Å². The first kappa shape index (κ1) is 15.7. The molecule has 21 heavy (non-hydrogen) atoms. The van der Waals surface area contributed by atoms with E-state index in [9.17, 15) is 9.59 Å². The summed E-state index contributed by atoms with van der Waals surface area (Å²) in [6, 6.07) is 5.84. The van der Waals surface area contributed by atoms with Crippen LogP contribution in [0.4, 0.5) is 4.79 Å². The highest BCUT2D eigenvalue weighted by molar-refractivity contribution is 6.31. The molecule has 5 nitrogen and oxygen atoms in total. The van der Waals surface area contributed by atoms with E-state index in [1.807, 2.05) is 0 Å². The number of carbonyl (C=O) groups is 2. The standard InChI is InChI=1S/C14H14Cl2N2O3/c1-2-21-13(19)11-10(7-15)17-14(20)18-12(11)8-5-3-4-6-9(8)16/h3-6,12H,2,7H2,1H3,(H2,17,18,20)/t12-/m0/s1. The molecule has 1 aromatic rings. The minimum absolute atomic E-state index is 0.0114. The van der Waals surface area contributed by atoms with Crippen LogP contribution in [-0.2, 0) is 9.53 Å². The second-order valence-corrected chi connectivity index (χ2v) is 4.97. The summed E-state index contributed by atoms with van der Waals surface area (Å²) < 4.78 is 5.05. The van der Waals surface area contributed by atoms with E-state index in [4.69, 9.17) is 27.9 Å². The molecule has 2 N–H and O–H groups in total. The summed E-state index contributed by atoms with van der Waals surface area (Å²) in [5.41, 5.74) is 1.20. The lowest BCUT2D eigenvalue weighted by Crippen LogP contribution is -2.46. The van der Waals surface area contributed by atoms with E-state index >= 15 is 0 Å². The third kappa shape index (κ3) is 3.31. The van der Waals surface area contributed by atoms with Crippen molar-refractivity contribution < 1.29 is 14.3 Å². The van der Waals surface area contributed by atoms with Crippen LogP contribution in [-0.4, -0.2) is 24.5 Å². The Balaban J connectivity index is 2.52. The van der Waals surface area contributed by atoms with Crippen LogP contribution in [0.25, 0.3) is 0 Å². The summed E-state index contributed by atoms with van der Waals surface area (Å²) in [5, 5.41) is 5.65. The second kappa shape index (κ2) is 6.83. The Morgan fingerprint density at radius 2 is 2.10 bits per heavy atom. The van der Waals surface area contributed by atoms with Crippen molar-refractivity contribution in [1.82, 2.24) is 10.6 Å². The quantitative estimate of drug-likeness (QED) is 0.659. The van der Waals surface area contributed by atoms with E-state index in [-0.39, 0.29) is 18.1 Å². The van der Waals surface area contributed by atoms with Gasteiger partial charge in [-0.1, -0.05) is 29.8 Å². The van der Waals surface area contributed by atoms with Gasteiger partial charge in [0.2, 0.25) is 0 Å². The van der Waals surface area contributed by atoms with Gasteiger partial charge < -0.3 is 15.4 Å². The summed E-state index contributed by atoms with van der Waals surface area (Å²) >= 11 is 12.0. The lowest BCUT2D eigenvalue weighted by atomic mass is 9.95. The summed E-state index contributed by atoms with van der Waals surface area (Å²) in [4.78, 5) is 23.9. The van der Waals surface area contributed by atoms with Crippen LogP contribution in [0, 0.1) is 0 Å². The number of esters is 1. The number of ether oxygens (including phenoxy) is 1. The first-order valence-corrected chi connectivity index (χ1v) is 7.27. The molecule has 0 radical (unpaired) electrons. The molecule has 1 heterocycles. The Morgan fingerprint density at radius 3 is 2.71 bits per heavy atom. The van der Waals surface area contributed by atoms with Crippen molar-refractivity contribution in [2.24, 2.45) is 0 Å². The molecule has 7 heteroatoms. The highest BCUT2D eigenvalue weighted by Crippen LogP contribution is 2.32. The minimum Gasteiger partial charge on any atom is -0.463 e. The maximum Gasteiger partial charge on any atom is 0.338 e. The summed E-state index contributed by atoms with van der Waals surface area (Å²) in [5.74, 6) is -0.548. The highest BCUT2D eigenvalue weighted by atomic mass is 35.5. The molecule has 2 amide bonds. The maximum atomic E-state index is 12.2. The highest BCUT2D eigenvalue weighted by Gasteiger charge is 2.34. The lowest BCUT2D eigenvalue weighted by molar-refractivity contribution is -0.139. The first-order valence-electron chi connectivity index (χ1n) is 6.36. The van der Waals surface area contributed by atoms with Gasteiger partial charge in [0.15, 0.2) is 0 Å². The number of carbonyl (C=O) groups excluding carboxylic acids is 2. The number of allylic oxidation sites excluding steroid dienone is 1. The largest absolute Gasteiger partial charge is 0.463 e. The molecule has 1 aliphatic rings. The molecule has 112 valence electrons. The zero-order valence-electron chi connectivity index (χ0n) is 11.3. The van der Waals surface area contributed by atoms with E-state index in [0.29, 0.717) is 16.3 Å². The number of halogens is 2. The van der Waals surface area contributed by atoms with Crippen molar-refractivity contribution in [2.45, 2.75) is 13.0 Å². The molecule has 2 rings (SSSR count). The zero-order valence-corrected chi connectivity index (χ0v) is 12.8. The zero-order chi connectivity index (χ0) is 15.4. The Bertz CT molecular complexity index is 602. The van der Waals surface area contributed by atoms with Gasteiger partial charge in [0, 0.05) is 10.7 Å². The van der Waals surface area contributed by atoms with Crippen molar-refractivity contribution in [2.75, 3.05) is 12.5 Å². The van der Waals surface area contributed by atoms with Crippen LogP contribution >= 0.6 is 23.2 Å². The van der Waals surface area contributed by atoms with Gasteiger partial charge >= 0.3 is 12.0 Å². The van der Waals surface area contributed by atoms with Gasteiger partial charge in [-0.3, -0.25) is 0 Å². The number of benzene rings is 1. The molecular weight excluding hydrogens is 315 g/mol. The van der Waals surface area contributed by atoms with Gasteiger partial charge in [-0.05, 0) is 18.6 Å². The molecule has 0 unspecified atom stereocenters. The normalized spacial score (nSPS) is 18.0. The number of urea groups is 1. The van der Waals surface area contributed by atoms with E-state index in [0.717, 1.165) is 0 Å². The van der Waals surface area contributed by atoms with Crippen LogP contribution in [0.3, 0.4) is 0 Å². The Hall–Kier alpha value is -1.72. The average Bonchev–Trinajstić information content (AvgIpc) is 2.46. The summed E-state index contributed by atoms with van der Waals surface area (Å²) in [6.45, 7) is 1.93. The number of nitrogens with one attached hydrogen (secondary N) is 2. The van der Waals surface area contributed by atoms with Crippen molar-refractivity contribution in [3.8, 4) is 0 Å². The average molecular weight is 329 g/mol. The van der Waals surface area contributed by atoms with Gasteiger partial charge in [-0.25, -0.2) is 9.59 Å². The molecular formula is C14H14Cl2N2O3. The van der Waals surface area contributed by atoms with Crippen molar-refractivity contribution in [3.05, 3.63) is 46.1 Å². The molecule has 0 aliphatic carbocycles. The molecule has 0 spiro atoms. The number of rotatable bonds is 4. The van der Waals surface area contributed by atoms with Crippen molar-refractivity contribution in [1.29, 1.82) is 0 Å². The SMILES string of the molecule is CCOC(=O)C1=C(CCl)NC(=O)N[C@H]1c1ccccc1Cl. The fraction of sp³-hybridized carbons (Fsp3) is 0.286. The molecule has 1 aliphatic heterocycles. The monoisotopic (exact) mass is 328 g/mol. The molecule has 0 bridgehead atoms. The summed E-state index contributed by atoms with van der Waals surface area (Å²) in [6.07, 6.45) is 0. The van der Waals surface area contributed by atoms with Gasteiger partial charge in [0.1, 0.15) is 0 Å². The fourth-order valence-electron chi connectivity index (χ4n) is 2.12. The van der Waals surface area contributed by atoms with E-state index in [1.54, 1.807) is 31.2 Å². The number of hydrogen-bond donors (Lipinski definition) is 2. The molecule has 0 aromatic heterocycles. The van der Waals surface area contributed by atoms with Crippen LogP contribution in [0.15, 0.2) is 35.5 Å². The van der Waals surface area contributed by atoms with E-state index < -0.39 is 18.0 Å². The maximum absolute atomic E-state index is 12.2. The third-order valence-corrected chi connectivity index (χ3v) is 3.61. The van der Waals surface area contributed by atoms with Crippen molar-refractivity contribution in [3.63, 3.8) is 0 Å². The Labute approximate surface area is 132 Å². The van der Waals surface area contributed by atoms with Crippen LogP contribution in [0.1, 0.15) is 18.5 Å². The van der Waals surface area contributed by atoms with Crippen LogP contribution < -0.4 is 10.6 Å². The molecule has 1 atom stereocenters. The third-order valence-electron chi connectivity index (χ3n) is 3.00. The summed E-state index contributed by atoms with van der Waals surface area (Å²) in [7, 11) is 0. The Kier molecular flexibility index (Phi) is 5.09. The molecule has 0 saturated carbocycles. The smallest absolute Gasteiger partial charge is 0.338 e. The lowest BCUT2D eigenvalue weighted by Gasteiger charge is -2.29. The molecule has 0 saturated heterocycles. The fourth-order valence-corrected chi connectivity index (χ4v) is 2.57. The Morgan fingerprint density at radius 1 is 1.38 bits per heavy atom.